The van der Waals surface area contributed by atoms with E-state index in [0.717, 1.165) is 27.9 Å². The quantitative estimate of drug-likeness (QED) is 0.755. The van der Waals surface area contributed by atoms with Gasteiger partial charge < -0.3 is 4.42 Å². The van der Waals surface area contributed by atoms with Crippen molar-refractivity contribution < 1.29 is 4.42 Å². The molecule has 0 atom stereocenters. The molecule has 0 amide bonds. The topological polar surface area (TPSA) is 26.0 Å². The maximum Gasteiger partial charge on any atom is 0.196 e. The molecule has 0 saturated heterocycles. The van der Waals surface area contributed by atoms with Crippen LogP contribution in [0.4, 0.5) is 0 Å². The number of hydrogen-bond donors (Lipinski definition) is 0. The van der Waals surface area contributed by atoms with Crippen LogP contribution in [0.15, 0.2) is 15.0 Å². The summed E-state index contributed by atoms with van der Waals surface area (Å²) in [7, 11) is 0. The molecule has 0 N–H and O–H groups in total. The van der Waals surface area contributed by atoms with E-state index in [-0.39, 0.29) is 5.41 Å². The maximum atomic E-state index is 5.88. The molecule has 0 unspecified atom stereocenters. The molecular formula is C14H18BrNO. The molecule has 0 saturated carbocycles. The Balaban J connectivity index is 2.58. The molecule has 1 heterocycles. The highest BCUT2D eigenvalue weighted by Gasteiger charge is 2.18. The molecule has 92 valence electrons. The second-order valence-electron chi connectivity index (χ2n) is 5.85. The average molecular weight is 296 g/mol. The molecule has 3 heteroatoms. The van der Waals surface area contributed by atoms with Crippen molar-refractivity contribution in [3.8, 4) is 0 Å². The molecule has 1 aromatic heterocycles. The van der Waals surface area contributed by atoms with Crippen molar-refractivity contribution in [3.63, 3.8) is 0 Å². The van der Waals surface area contributed by atoms with E-state index in [1.165, 1.54) is 11.1 Å². The molecule has 2 rings (SSSR count). The minimum Gasteiger partial charge on any atom is -0.439 e. The first-order valence-electron chi connectivity index (χ1n) is 5.83. The summed E-state index contributed by atoms with van der Waals surface area (Å²) in [6.45, 7) is 10.7. The molecule has 2 nitrogen and oxygen atoms in total. The molecule has 0 aliphatic carbocycles. The van der Waals surface area contributed by atoms with E-state index in [1.54, 1.807) is 0 Å². The second kappa shape index (κ2) is 4.13. The Morgan fingerprint density at radius 1 is 1.24 bits per heavy atom. The first-order chi connectivity index (χ1) is 7.78. The summed E-state index contributed by atoms with van der Waals surface area (Å²) < 4.78 is 6.90. The van der Waals surface area contributed by atoms with Crippen molar-refractivity contribution in [1.29, 1.82) is 0 Å². The number of hydrogen-bond acceptors (Lipinski definition) is 2. The number of aryl methyl sites for hydroxylation is 2. The predicted octanol–water partition coefficient (Wildman–Crippen LogP) is 4.80. The normalized spacial score (nSPS) is 12.4. The van der Waals surface area contributed by atoms with Crippen LogP contribution >= 0.6 is 15.9 Å². The lowest BCUT2D eigenvalue weighted by Crippen LogP contribution is -2.09. The summed E-state index contributed by atoms with van der Waals surface area (Å²) in [4.78, 5) is 4.60. The van der Waals surface area contributed by atoms with Crippen LogP contribution in [0.1, 0.15) is 37.8 Å². The highest BCUT2D eigenvalue weighted by molar-refractivity contribution is 9.10. The lowest BCUT2D eigenvalue weighted by atomic mass is 9.92. The Morgan fingerprint density at radius 2 is 1.88 bits per heavy atom. The van der Waals surface area contributed by atoms with Gasteiger partial charge in [-0.3, -0.25) is 0 Å². The predicted molar refractivity (Wildman–Crippen MR) is 74.3 cm³/mol. The van der Waals surface area contributed by atoms with Gasteiger partial charge in [0.05, 0.1) is 4.47 Å². The van der Waals surface area contributed by atoms with E-state index in [0.29, 0.717) is 0 Å². The number of benzene rings is 1. The van der Waals surface area contributed by atoms with Gasteiger partial charge in [0.2, 0.25) is 0 Å². The Bertz CT molecular complexity index is 564. The Kier molecular flexibility index (Phi) is 3.06. The van der Waals surface area contributed by atoms with Gasteiger partial charge in [-0.2, -0.15) is 0 Å². The number of rotatable bonds is 1. The van der Waals surface area contributed by atoms with E-state index >= 15 is 0 Å². The van der Waals surface area contributed by atoms with Crippen molar-refractivity contribution in [2.75, 3.05) is 0 Å². The maximum absolute atomic E-state index is 5.88. The standard InChI is InChI=1S/C14H18BrNO/c1-8-6-9(2)12-13(11(8)15)17-10(16-12)7-14(3,4)5/h6H,7H2,1-5H3. The van der Waals surface area contributed by atoms with Gasteiger partial charge >= 0.3 is 0 Å². The van der Waals surface area contributed by atoms with Gasteiger partial charge in [-0.05, 0) is 46.3 Å². The molecule has 0 spiro atoms. The van der Waals surface area contributed by atoms with E-state index < -0.39 is 0 Å². The molecule has 17 heavy (non-hydrogen) atoms. The summed E-state index contributed by atoms with van der Waals surface area (Å²) >= 11 is 3.57. The van der Waals surface area contributed by atoms with Gasteiger partial charge in [-0.25, -0.2) is 4.98 Å². The van der Waals surface area contributed by atoms with Crippen molar-refractivity contribution in [2.24, 2.45) is 5.41 Å². The minimum absolute atomic E-state index is 0.191. The average Bonchev–Trinajstić information content (AvgIpc) is 2.56. The molecule has 0 bridgehead atoms. The third kappa shape index (κ3) is 2.54. The first-order valence-corrected chi connectivity index (χ1v) is 6.62. The third-order valence-corrected chi connectivity index (χ3v) is 3.69. The van der Waals surface area contributed by atoms with Crippen LogP contribution in [0.25, 0.3) is 11.1 Å². The first kappa shape index (κ1) is 12.6. The van der Waals surface area contributed by atoms with Gasteiger partial charge in [0, 0.05) is 6.42 Å². The van der Waals surface area contributed by atoms with E-state index in [4.69, 9.17) is 4.42 Å². The zero-order valence-corrected chi connectivity index (χ0v) is 12.6. The number of halogens is 1. The van der Waals surface area contributed by atoms with Crippen LogP contribution < -0.4 is 0 Å². The summed E-state index contributed by atoms with van der Waals surface area (Å²) in [5, 5.41) is 0. The zero-order valence-electron chi connectivity index (χ0n) is 11.0. The van der Waals surface area contributed by atoms with E-state index in [2.05, 4.69) is 61.6 Å². The highest BCUT2D eigenvalue weighted by Crippen LogP contribution is 2.32. The molecule has 1 aromatic carbocycles. The Morgan fingerprint density at radius 3 is 2.47 bits per heavy atom. The SMILES string of the molecule is Cc1cc(C)c2nc(CC(C)(C)C)oc2c1Br. The fourth-order valence-corrected chi connectivity index (χ4v) is 2.33. The monoisotopic (exact) mass is 295 g/mol. The lowest BCUT2D eigenvalue weighted by molar-refractivity contribution is 0.361. The molecule has 2 aromatic rings. The summed E-state index contributed by atoms with van der Waals surface area (Å²) in [5.74, 6) is 0.821. The van der Waals surface area contributed by atoms with Crippen molar-refractivity contribution in [3.05, 3.63) is 27.6 Å². The van der Waals surface area contributed by atoms with Crippen LogP contribution in [0.3, 0.4) is 0 Å². The number of aromatic nitrogens is 1. The minimum atomic E-state index is 0.191. The fraction of sp³-hybridized carbons (Fsp3) is 0.500. The summed E-state index contributed by atoms with van der Waals surface area (Å²) in [6.07, 6.45) is 0.854. The number of oxazole rings is 1. The zero-order chi connectivity index (χ0) is 12.8. The Labute approximate surface area is 111 Å². The molecule has 0 aliphatic heterocycles. The largest absolute Gasteiger partial charge is 0.439 e. The van der Waals surface area contributed by atoms with Gasteiger partial charge in [0.15, 0.2) is 11.5 Å². The van der Waals surface area contributed by atoms with Crippen LogP contribution in [0.5, 0.6) is 0 Å². The van der Waals surface area contributed by atoms with Crippen molar-refractivity contribution >= 4 is 27.0 Å². The third-order valence-electron chi connectivity index (χ3n) is 2.71. The van der Waals surface area contributed by atoms with Gasteiger partial charge in [0.25, 0.3) is 0 Å². The second-order valence-corrected chi connectivity index (χ2v) is 6.64. The van der Waals surface area contributed by atoms with E-state index in [1.807, 2.05) is 0 Å². The molecule has 0 radical (unpaired) electrons. The summed E-state index contributed by atoms with van der Waals surface area (Å²) in [6, 6.07) is 2.13. The van der Waals surface area contributed by atoms with Crippen LogP contribution in [-0.4, -0.2) is 4.98 Å². The van der Waals surface area contributed by atoms with Crippen LogP contribution in [0, 0.1) is 19.3 Å². The van der Waals surface area contributed by atoms with Crippen molar-refractivity contribution in [1.82, 2.24) is 4.98 Å². The fourth-order valence-electron chi connectivity index (χ4n) is 1.95. The molecule has 0 fully saturated rings. The van der Waals surface area contributed by atoms with Gasteiger partial charge in [-0.15, -0.1) is 0 Å². The highest BCUT2D eigenvalue weighted by atomic mass is 79.9. The Hall–Kier alpha value is -0.830. The number of nitrogens with zero attached hydrogens (tertiary/aromatic N) is 1. The molecule has 0 aliphatic rings. The molecular weight excluding hydrogens is 278 g/mol. The summed E-state index contributed by atoms with van der Waals surface area (Å²) in [5.41, 5.74) is 4.40. The van der Waals surface area contributed by atoms with Crippen LogP contribution in [0.2, 0.25) is 0 Å². The smallest absolute Gasteiger partial charge is 0.196 e. The number of fused-ring (bicyclic) bond motifs is 1. The lowest BCUT2D eigenvalue weighted by Gasteiger charge is -2.14. The van der Waals surface area contributed by atoms with Crippen molar-refractivity contribution in [2.45, 2.75) is 41.0 Å². The van der Waals surface area contributed by atoms with E-state index in [9.17, 15) is 0 Å². The van der Waals surface area contributed by atoms with Gasteiger partial charge in [0.1, 0.15) is 5.52 Å². The van der Waals surface area contributed by atoms with Gasteiger partial charge in [-0.1, -0.05) is 26.8 Å². The van der Waals surface area contributed by atoms with Crippen LogP contribution in [-0.2, 0) is 6.42 Å².